The number of carbonyl (C=O) groups excluding carboxylic acids is 1. The van der Waals surface area contributed by atoms with E-state index in [-0.39, 0.29) is 11.7 Å². The van der Waals surface area contributed by atoms with E-state index in [9.17, 15) is 4.79 Å². The fourth-order valence-electron chi connectivity index (χ4n) is 5.60. The van der Waals surface area contributed by atoms with Crippen molar-refractivity contribution in [3.8, 4) is 0 Å². The Morgan fingerprint density at radius 2 is 1.94 bits per heavy atom. The van der Waals surface area contributed by atoms with Gasteiger partial charge in [0.15, 0.2) is 0 Å². The van der Waals surface area contributed by atoms with Crippen molar-refractivity contribution in [2.45, 2.75) is 44.4 Å². The van der Waals surface area contributed by atoms with Gasteiger partial charge in [0.2, 0.25) is 0 Å². The molecular weight excluding hydrogens is 455 g/mol. The molecule has 2 amide bonds. The number of urea groups is 1. The van der Waals surface area contributed by atoms with Crippen LogP contribution in [-0.4, -0.2) is 59.0 Å². The van der Waals surface area contributed by atoms with Crippen LogP contribution in [0.4, 0.5) is 20.7 Å². The highest BCUT2D eigenvalue weighted by atomic mass is 19.1. The highest BCUT2D eigenvalue weighted by molar-refractivity contribution is 5.81. The number of hydrogen-bond acceptors (Lipinski definition) is 5. The van der Waals surface area contributed by atoms with Gasteiger partial charge in [0, 0.05) is 48.3 Å². The van der Waals surface area contributed by atoms with Crippen LogP contribution in [0.2, 0.25) is 0 Å². The Balaban J connectivity index is 1.31. The lowest BCUT2D eigenvalue weighted by atomic mass is 9.83. The van der Waals surface area contributed by atoms with E-state index < -0.39 is 6.03 Å². The van der Waals surface area contributed by atoms with Crippen molar-refractivity contribution < 1.29 is 9.18 Å². The number of aromatic nitrogens is 2. The number of anilines is 2. The van der Waals surface area contributed by atoms with Crippen molar-refractivity contribution in [3.63, 3.8) is 0 Å². The second-order valence-corrected chi connectivity index (χ2v) is 10.4. The molecule has 2 atom stereocenters. The zero-order valence-electron chi connectivity index (χ0n) is 21.1. The molecule has 3 N–H and O–H groups in total. The molecule has 0 spiro atoms. The minimum absolute atomic E-state index is 0.0859. The molecule has 0 unspecified atom stereocenters. The summed E-state index contributed by atoms with van der Waals surface area (Å²) in [4.78, 5) is 25.0. The molecule has 2 aliphatic rings. The Bertz CT molecular complexity index is 1240. The van der Waals surface area contributed by atoms with Gasteiger partial charge in [0.05, 0.1) is 11.2 Å². The average molecular weight is 491 g/mol. The molecule has 7 nitrogen and oxygen atoms in total. The van der Waals surface area contributed by atoms with Crippen molar-refractivity contribution in [1.82, 2.24) is 19.8 Å². The minimum Gasteiger partial charge on any atom is -0.351 e. The van der Waals surface area contributed by atoms with Crippen LogP contribution in [0.25, 0.3) is 10.9 Å². The molecule has 0 radical (unpaired) electrons. The maximum atomic E-state index is 15.0. The maximum absolute atomic E-state index is 15.0. The molecule has 2 aliphatic heterocycles. The van der Waals surface area contributed by atoms with Gasteiger partial charge in [-0.2, -0.15) is 0 Å². The van der Waals surface area contributed by atoms with Gasteiger partial charge < -0.3 is 20.9 Å². The van der Waals surface area contributed by atoms with Gasteiger partial charge in [-0.1, -0.05) is 13.0 Å². The van der Waals surface area contributed by atoms with Crippen LogP contribution in [0.15, 0.2) is 42.6 Å². The first-order valence-electron chi connectivity index (χ1n) is 12.9. The van der Waals surface area contributed by atoms with Crippen LogP contribution in [0.3, 0.4) is 0 Å². The number of likely N-dealkylation sites (tertiary alicyclic amines) is 2. The number of fused-ring (bicyclic) bond motifs is 1. The van der Waals surface area contributed by atoms with Crippen molar-refractivity contribution >= 4 is 28.4 Å². The zero-order chi connectivity index (χ0) is 25.2. The van der Waals surface area contributed by atoms with Gasteiger partial charge in [-0.3, -0.25) is 4.98 Å². The van der Waals surface area contributed by atoms with E-state index in [4.69, 9.17) is 10.7 Å². The summed E-state index contributed by atoms with van der Waals surface area (Å²) in [5.41, 5.74) is 8.65. The number of nitrogens with two attached hydrogens (primary N) is 1. The predicted octanol–water partition coefficient (Wildman–Crippen LogP) is 5.22. The van der Waals surface area contributed by atoms with Crippen LogP contribution >= 0.6 is 0 Å². The van der Waals surface area contributed by atoms with E-state index in [0.29, 0.717) is 36.4 Å². The van der Waals surface area contributed by atoms with Crippen LogP contribution in [0, 0.1) is 11.7 Å². The molecule has 0 saturated carbocycles. The Hall–Kier alpha value is -3.26. The first kappa shape index (κ1) is 24.4. The van der Waals surface area contributed by atoms with E-state index in [1.54, 1.807) is 23.2 Å². The number of amides is 2. The van der Waals surface area contributed by atoms with Crippen LogP contribution in [0.5, 0.6) is 0 Å². The average Bonchev–Trinajstić information content (AvgIpc) is 2.89. The highest BCUT2D eigenvalue weighted by Crippen LogP contribution is 2.33. The van der Waals surface area contributed by atoms with E-state index in [2.05, 4.69) is 41.3 Å². The smallest absolute Gasteiger partial charge is 0.314 e. The zero-order valence-corrected chi connectivity index (χ0v) is 21.1. The summed E-state index contributed by atoms with van der Waals surface area (Å²) in [6.07, 6.45) is 5.93. The molecule has 36 heavy (non-hydrogen) atoms. The fraction of sp³-hybridized carbons (Fsp3) is 0.464. The molecule has 2 aromatic heterocycles. The van der Waals surface area contributed by atoms with E-state index in [0.717, 1.165) is 48.1 Å². The number of hydrogen-bond donors (Lipinski definition) is 2. The summed E-state index contributed by atoms with van der Waals surface area (Å²) in [6, 6.07) is 10.9. The van der Waals surface area contributed by atoms with Gasteiger partial charge in [0.1, 0.15) is 11.6 Å². The minimum atomic E-state index is -0.418. The number of carbonyl (C=O) groups is 1. The summed E-state index contributed by atoms with van der Waals surface area (Å²) in [5.74, 6) is 1.33. The van der Waals surface area contributed by atoms with E-state index in [1.807, 2.05) is 12.1 Å². The van der Waals surface area contributed by atoms with Gasteiger partial charge in [-0.25, -0.2) is 14.2 Å². The Morgan fingerprint density at radius 1 is 1.14 bits per heavy atom. The molecule has 2 saturated heterocycles. The molecule has 4 heterocycles. The summed E-state index contributed by atoms with van der Waals surface area (Å²) < 4.78 is 15.0. The number of primary amides is 1. The molecular formula is C28H35FN6O. The predicted molar refractivity (Wildman–Crippen MR) is 141 cm³/mol. The van der Waals surface area contributed by atoms with Crippen LogP contribution < -0.4 is 11.1 Å². The molecule has 190 valence electrons. The first-order chi connectivity index (χ1) is 17.4. The molecule has 1 aromatic carbocycles. The summed E-state index contributed by atoms with van der Waals surface area (Å²) in [7, 11) is 2.18. The molecule has 8 heteroatoms. The van der Waals surface area contributed by atoms with Crippen molar-refractivity contribution in [2.75, 3.05) is 38.5 Å². The second kappa shape index (κ2) is 10.4. The number of pyridine rings is 2. The van der Waals surface area contributed by atoms with E-state index in [1.165, 1.54) is 12.8 Å². The van der Waals surface area contributed by atoms with Crippen molar-refractivity contribution in [3.05, 3.63) is 59.7 Å². The molecule has 3 aromatic rings. The highest BCUT2D eigenvalue weighted by Gasteiger charge is 2.25. The normalized spacial score (nSPS) is 20.4. The van der Waals surface area contributed by atoms with Gasteiger partial charge in [-0.15, -0.1) is 0 Å². The molecule has 0 aliphatic carbocycles. The van der Waals surface area contributed by atoms with Crippen LogP contribution in [0.1, 0.15) is 55.7 Å². The monoisotopic (exact) mass is 490 g/mol. The molecule has 5 rings (SSSR count). The number of benzene rings is 1. The lowest BCUT2D eigenvalue weighted by molar-refractivity contribution is 0.189. The largest absolute Gasteiger partial charge is 0.351 e. The standard InChI is InChI=1S/C28H35FN6O/c1-18(19-9-12-34(2)13-10-19)24-7-6-21-16-31-27(15-26(21)32-24)33-25-8-5-20(14-23(25)29)22-4-3-11-35(17-22)28(30)36/h5-8,14-16,18-19,22H,3-4,9-13,17H2,1-2H3,(H2,30,36)(H,31,33)/t18-,22-/m0/s1. The van der Waals surface area contributed by atoms with Crippen molar-refractivity contribution in [1.29, 1.82) is 0 Å². The lowest BCUT2D eigenvalue weighted by Gasteiger charge is -2.32. The Labute approximate surface area is 211 Å². The first-order valence-corrected chi connectivity index (χ1v) is 12.9. The van der Waals surface area contributed by atoms with E-state index >= 15 is 4.39 Å². The van der Waals surface area contributed by atoms with Gasteiger partial charge >= 0.3 is 6.03 Å². The Kier molecular flexibility index (Phi) is 7.05. The number of halogens is 1. The number of piperidine rings is 2. The molecule has 0 bridgehead atoms. The quantitative estimate of drug-likeness (QED) is 0.512. The van der Waals surface area contributed by atoms with Crippen molar-refractivity contribution in [2.24, 2.45) is 11.7 Å². The number of nitrogens with one attached hydrogen (secondary N) is 1. The fourth-order valence-corrected chi connectivity index (χ4v) is 5.60. The Morgan fingerprint density at radius 3 is 2.69 bits per heavy atom. The maximum Gasteiger partial charge on any atom is 0.314 e. The third-order valence-electron chi connectivity index (χ3n) is 7.99. The SMILES string of the molecule is C[C@H](c1ccc2cnc(Nc3ccc([C@H]4CCCN(C(N)=O)C4)cc3F)cc2n1)C1CCN(C)CC1. The summed E-state index contributed by atoms with van der Waals surface area (Å²) in [5, 5.41) is 4.09. The molecule has 2 fully saturated rings. The summed E-state index contributed by atoms with van der Waals surface area (Å²) >= 11 is 0. The number of rotatable bonds is 5. The summed E-state index contributed by atoms with van der Waals surface area (Å²) in [6.45, 7) is 5.73. The third-order valence-corrected chi connectivity index (χ3v) is 7.99. The number of nitrogens with zero attached hydrogens (tertiary/aromatic N) is 4. The second-order valence-electron chi connectivity index (χ2n) is 10.4. The lowest BCUT2D eigenvalue weighted by Crippen LogP contribution is -2.42. The topological polar surface area (TPSA) is 87.4 Å². The van der Waals surface area contributed by atoms with Gasteiger partial charge in [0.25, 0.3) is 0 Å². The van der Waals surface area contributed by atoms with Crippen LogP contribution in [-0.2, 0) is 0 Å². The van der Waals surface area contributed by atoms with Gasteiger partial charge in [-0.05, 0) is 81.6 Å². The third kappa shape index (κ3) is 5.28.